The van der Waals surface area contributed by atoms with Gasteiger partial charge in [-0.2, -0.15) is 0 Å². The van der Waals surface area contributed by atoms with E-state index in [1.54, 1.807) is 0 Å². The molecule has 1 saturated heterocycles. The van der Waals surface area contributed by atoms with E-state index in [0.29, 0.717) is 23.0 Å². The molecule has 1 aliphatic rings. The van der Waals surface area contributed by atoms with Gasteiger partial charge in [-0.1, -0.05) is 54.5 Å². The molecule has 1 aliphatic heterocycles. The molecule has 0 radical (unpaired) electrons. The maximum atomic E-state index is 11.4. The second-order valence-electron chi connectivity index (χ2n) is 6.78. The van der Waals surface area contributed by atoms with Gasteiger partial charge < -0.3 is 14.5 Å². The maximum Gasteiger partial charge on any atom is 1.00 e. The first-order chi connectivity index (χ1) is 8.71. The van der Waals surface area contributed by atoms with E-state index < -0.39 is 8.32 Å². The fourth-order valence-electron chi connectivity index (χ4n) is 3.71. The van der Waals surface area contributed by atoms with E-state index >= 15 is 0 Å². The van der Waals surface area contributed by atoms with E-state index in [9.17, 15) is 4.79 Å². The van der Waals surface area contributed by atoms with Crippen LogP contribution in [0.1, 0.15) is 61.3 Å². The molecule has 5 heteroatoms. The fraction of sp³-hybridized carbons (Fsp3) is 0.933. The largest absolute Gasteiger partial charge is 1.00 e. The molecule has 0 spiro atoms. The van der Waals surface area contributed by atoms with Crippen LogP contribution >= 0.6 is 0 Å². The van der Waals surface area contributed by atoms with Crippen LogP contribution in [0.15, 0.2) is 0 Å². The van der Waals surface area contributed by atoms with Crippen molar-refractivity contribution in [2.45, 2.75) is 90.1 Å². The van der Waals surface area contributed by atoms with Gasteiger partial charge in [-0.25, -0.2) is 0 Å². The number of rotatable bonds is 5. The van der Waals surface area contributed by atoms with Crippen LogP contribution in [0, 0.1) is 0 Å². The van der Waals surface area contributed by atoms with E-state index in [2.05, 4.69) is 46.9 Å². The maximum absolute atomic E-state index is 11.4. The van der Waals surface area contributed by atoms with Crippen LogP contribution < -0.4 is 18.9 Å². The summed E-state index contributed by atoms with van der Waals surface area (Å²) in [4.78, 5) is 11.4. The molecule has 20 heavy (non-hydrogen) atoms. The van der Waals surface area contributed by atoms with Gasteiger partial charge in [-0.3, -0.25) is 0 Å². The van der Waals surface area contributed by atoms with E-state index in [-0.39, 0.29) is 36.9 Å². The third-order valence-electron chi connectivity index (χ3n) is 4.59. The SMILES string of the molecule is CC(C)[Si](O[C@@H]1CCC(=O)[N-][C@H]1C)(C(C)C)C(C)C.[Li+]. The van der Waals surface area contributed by atoms with Crippen LogP contribution in [0.25, 0.3) is 5.32 Å². The van der Waals surface area contributed by atoms with E-state index in [4.69, 9.17) is 4.43 Å². The van der Waals surface area contributed by atoms with Crippen LogP contribution in [0.4, 0.5) is 0 Å². The van der Waals surface area contributed by atoms with Crippen molar-refractivity contribution in [3.05, 3.63) is 5.32 Å². The van der Waals surface area contributed by atoms with E-state index in [1.807, 2.05) is 6.92 Å². The van der Waals surface area contributed by atoms with Gasteiger partial charge >= 0.3 is 18.9 Å². The number of carbonyl (C=O) groups excluding carboxylic acids is 1. The molecule has 0 N–H and O–H groups in total. The molecule has 0 bridgehead atoms. The Morgan fingerprint density at radius 3 is 1.90 bits per heavy atom. The molecule has 0 aliphatic carbocycles. The summed E-state index contributed by atoms with van der Waals surface area (Å²) in [6.07, 6.45) is 1.52. The monoisotopic (exact) mass is 291 g/mol. The zero-order valence-corrected chi connectivity index (χ0v) is 15.6. The third kappa shape index (κ3) is 4.13. The number of amides is 1. The Morgan fingerprint density at radius 1 is 1.10 bits per heavy atom. The number of carbonyl (C=O) groups is 1. The first-order valence-corrected chi connectivity index (χ1v) is 9.77. The molecule has 2 atom stereocenters. The molecule has 0 aromatic heterocycles. The first-order valence-electron chi connectivity index (χ1n) is 7.63. The van der Waals surface area contributed by atoms with Crippen molar-refractivity contribution in [3.8, 4) is 0 Å². The normalized spacial score (nSPS) is 24.0. The Morgan fingerprint density at radius 2 is 1.55 bits per heavy atom. The summed E-state index contributed by atoms with van der Waals surface area (Å²) in [6, 6.07) is 0.0179. The van der Waals surface area contributed by atoms with Crippen molar-refractivity contribution in [1.29, 1.82) is 0 Å². The predicted octanol–water partition coefficient (Wildman–Crippen LogP) is 1.63. The fourth-order valence-corrected chi connectivity index (χ4v) is 9.37. The predicted molar refractivity (Wildman–Crippen MR) is 83.0 cm³/mol. The Labute approximate surface area is 137 Å². The number of nitrogens with zero attached hydrogens (tertiary/aromatic N) is 1. The summed E-state index contributed by atoms with van der Waals surface area (Å²) in [7, 11) is -1.85. The smallest absolute Gasteiger partial charge is 0.649 e. The molecule has 1 fully saturated rings. The standard InChI is InChI=1S/C15H31NO2Si.Li/c1-10(2)19(11(3)4,12(5)6)18-14-8-9-15(17)16-13(14)7;/h10-14H,8-9H2,1-7H3,(H,16,17);/q;+1/p-1/t13-,14+;/m0./s1. The molecule has 1 rings (SSSR count). The summed E-state index contributed by atoms with van der Waals surface area (Å²) in [5.74, 6) is 0.0401. The van der Waals surface area contributed by atoms with E-state index in [0.717, 1.165) is 6.42 Å². The summed E-state index contributed by atoms with van der Waals surface area (Å²) < 4.78 is 6.72. The van der Waals surface area contributed by atoms with Crippen molar-refractivity contribution >= 4 is 14.2 Å². The molecule has 0 aromatic rings. The van der Waals surface area contributed by atoms with Gasteiger partial charge in [-0.15, -0.1) is 0 Å². The minimum atomic E-state index is -1.85. The second-order valence-corrected chi connectivity index (χ2v) is 12.2. The average molecular weight is 291 g/mol. The Hall–Kier alpha value is 0.244. The van der Waals surface area contributed by atoms with Crippen molar-refractivity contribution in [1.82, 2.24) is 0 Å². The summed E-state index contributed by atoms with van der Waals surface area (Å²) in [5, 5.41) is 4.18. The van der Waals surface area contributed by atoms with Gasteiger partial charge in [0, 0.05) is 6.10 Å². The molecular formula is C15H30LiNO2Si. The minimum absolute atomic E-state index is 0. The van der Waals surface area contributed by atoms with Crippen molar-refractivity contribution in [2.75, 3.05) is 0 Å². The zero-order valence-electron chi connectivity index (χ0n) is 14.6. The first kappa shape index (κ1) is 20.2. The molecule has 0 saturated carbocycles. The quantitative estimate of drug-likeness (QED) is 0.722. The number of hydrogen-bond donors (Lipinski definition) is 0. The van der Waals surface area contributed by atoms with Crippen LogP contribution in [0.3, 0.4) is 0 Å². The number of piperidine rings is 1. The van der Waals surface area contributed by atoms with Crippen molar-refractivity contribution < 1.29 is 28.1 Å². The Bertz CT molecular complexity index is 299. The Kier molecular flexibility index (Phi) is 8.13. The Balaban J connectivity index is 0.00000361. The molecular weight excluding hydrogens is 261 g/mol. The zero-order chi connectivity index (χ0) is 14.8. The molecule has 1 amide bonds. The van der Waals surface area contributed by atoms with Crippen LogP contribution in [0.2, 0.25) is 16.6 Å². The van der Waals surface area contributed by atoms with Crippen LogP contribution in [-0.4, -0.2) is 26.4 Å². The molecule has 1 heterocycles. The minimum Gasteiger partial charge on any atom is -0.649 e. The van der Waals surface area contributed by atoms with Gasteiger partial charge in [0.2, 0.25) is 8.32 Å². The van der Waals surface area contributed by atoms with E-state index in [1.165, 1.54) is 0 Å². The van der Waals surface area contributed by atoms with Crippen LogP contribution in [0.5, 0.6) is 0 Å². The van der Waals surface area contributed by atoms with Crippen LogP contribution in [-0.2, 0) is 9.22 Å². The van der Waals surface area contributed by atoms with Gasteiger partial charge in [-0.05, 0) is 29.5 Å². The van der Waals surface area contributed by atoms with Gasteiger partial charge in [0.25, 0.3) is 0 Å². The van der Waals surface area contributed by atoms with Crippen molar-refractivity contribution in [3.63, 3.8) is 0 Å². The molecule has 0 aromatic carbocycles. The molecule has 3 nitrogen and oxygen atoms in total. The molecule has 0 unspecified atom stereocenters. The molecule has 112 valence electrons. The van der Waals surface area contributed by atoms with Crippen molar-refractivity contribution in [2.24, 2.45) is 0 Å². The topological polar surface area (TPSA) is 40.4 Å². The third-order valence-corrected chi connectivity index (χ3v) is 10.7. The average Bonchev–Trinajstić information content (AvgIpc) is 2.26. The second kappa shape index (κ2) is 8.03. The van der Waals surface area contributed by atoms with Gasteiger partial charge in [0.15, 0.2) is 0 Å². The number of hydrogen-bond acceptors (Lipinski definition) is 2. The van der Waals surface area contributed by atoms with Gasteiger partial charge in [0.05, 0.1) is 5.91 Å². The van der Waals surface area contributed by atoms with Gasteiger partial charge in [0.1, 0.15) is 0 Å². The summed E-state index contributed by atoms with van der Waals surface area (Å²) in [5.41, 5.74) is 1.74. The summed E-state index contributed by atoms with van der Waals surface area (Å²) in [6.45, 7) is 15.8. The summed E-state index contributed by atoms with van der Waals surface area (Å²) >= 11 is 0.